The van der Waals surface area contributed by atoms with Crippen molar-refractivity contribution in [3.05, 3.63) is 12.3 Å². The molecule has 0 aromatic carbocycles. The molecule has 4 amide bonds. The first-order valence-electron chi connectivity index (χ1n) is 7.15. The molecule has 0 unspecified atom stereocenters. The summed E-state index contributed by atoms with van der Waals surface area (Å²) >= 11 is 0. The molecule has 116 valence electrons. The summed E-state index contributed by atoms with van der Waals surface area (Å²) in [5.74, 6) is 0. The average molecular weight is 300 g/mol. The summed E-state index contributed by atoms with van der Waals surface area (Å²) in [5.41, 5.74) is 1.66. The van der Waals surface area contributed by atoms with Gasteiger partial charge in [-0.15, -0.1) is 6.58 Å². The Morgan fingerprint density at radius 1 is 0.950 bits per heavy atom. The van der Waals surface area contributed by atoms with Crippen LogP contribution in [0.5, 0.6) is 0 Å². The molecule has 0 aliphatic carbocycles. The Bertz CT molecular complexity index is 315. The number of amides is 4. The molecule has 2 N–H and O–H groups in total. The molecule has 7 heteroatoms. The summed E-state index contributed by atoms with van der Waals surface area (Å²) in [6.07, 6.45) is 0. The molecule has 6 nitrogen and oxygen atoms in total. The van der Waals surface area contributed by atoms with Crippen molar-refractivity contribution in [2.24, 2.45) is 0 Å². The average Bonchev–Trinajstić information content (AvgIpc) is 2.41. The number of carbonyl (C=O) groups is 2. The highest BCUT2D eigenvalue weighted by molar-refractivity contribution is 6.82. The molecule has 0 aromatic heterocycles. The number of hydrogen-bond donors (Lipinski definition) is 2. The molecule has 0 heterocycles. The summed E-state index contributed by atoms with van der Waals surface area (Å²) in [6, 6.07) is -0.326. The van der Waals surface area contributed by atoms with Crippen molar-refractivity contribution in [3.8, 4) is 0 Å². The lowest BCUT2D eigenvalue weighted by Crippen LogP contribution is -2.66. The molecule has 0 radical (unpaired) electrons. The summed E-state index contributed by atoms with van der Waals surface area (Å²) in [5, 5.41) is 0. The van der Waals surface area contributed by atoms with Crippen molar-refractivity contribution >= 4 is 20.5 Å². The van der Waals surface area contributed by atoms with Crippen LogP contribution in [0.4, 0.5) is 9.59 Å². The minimum atomic E-state index is -2.56. The predicted molar refractivity (Wildman–Crippen MR) is 84.7 cm³/mol. The minimum Gasteiger partial charge on any atom is -0.343 e. The largest absolute Gasteiger partial charge is 0.343 e. The van der Waals surface area contributed by atoms with Crippen LogP contribution in [-0.2, 0) is 0 Å². The molecule has 0 saturated heterocycles. The van der Waals surface area contributed by atoms with Gasteiger partial charge < -0.3 is 19.8 Å². The fourth-order valence-corrected chi connectivity index (χ4v) is 3.23. The van der Waals surface area contributed by atoms with Crippen LogP contribution < -0.4 is 9.96 Å². The lowest BCUT2D eigenvalue weighted by Gasteiger charge is -2.31. The van der Waals surface area contributed by atoms with E-state index in [2.05, 4.69) is 16.5 Å². The standard InChI is InChI=1S/C13H28N4O2Si/c1-7-16(8-2)12(18)14-20(6,11-5)15-13(19)17(9-3)10-4/h11H,5,7-10H2,1-4,6H3,(H,14,18)(H,15,19). The third-order valence-corrected chi connectivity index (χ3v) is 5.53. The zero-order valence-corrected chi connectivity index (χ0v) is 14.3. The molecule has 0 aliphatic heterocycles. The van der Waals surface area contributed by atoms with Gasteiger partial charge in [0, 0.05) is 26.2 Å². The Morgan fingerprint density at radius 2 is 1.25 bits per heavy atom. The van der Waals surface area contributed by atoms with Gasteiger partial charge in [0.2, 0.25) is 0 Å². The van der Waals surface area contributed by atoms with Gasteiger partial charge in [-0.05, 0) is 34.2 Å². The van der Waals surface area contributed by atoms with E-state index >= 15 is 0 Å². The number of carbonyl (C=O) groups excluding carboxylic acids is 2. The van der Waals surface area contributed by atoms with E-state index < -0.39 is 8.40 Å². The zero-order chi connectivity index (χ0) is 15.8. The van der Waals surface area contributed by atoms with Crippen molar-refractivity contribution in [2.75, 3.05) is 26.2 Å². The molecule has 0 saturated carbocycles. The number of urea groups is 2. The van der Waals surface area contributed by atoms with Crippen LogP contribution in [-0.4, -0.2) is 56.4 Å². The van der Waals surface area contributed by atoms with Crippen molar-refractivity contribution in [2.45, 2.75) is 34.2 Å². The third kappa shape index (κ3) is 5.24. The minimum absolute atomic E-state index is 0.163. The number of nitrogens with one attached hydrogen (secondary N) is 2. The first-order valence-corrected chi connectivity index (χ1v) is 9.72. The molecule has 0 rings (SSSR count). The van der Waals surface area contributed by atoms with Gasteiger partial charge in [0.05, 0.1) is 0 Å². The van der Waals surface area contributed by atoms with E-state index in [0.717, 1.165) is 0 Å². The lowest BCUT2D eigenvalue weighted by atomic mass is 10.5. The molecule has 0 atom stereocenters. The molecular weight excluding hydrogens is 272 g/mol. The SMILES string of the molecule is C=C[Si](C)(NC(=O)N(CC)CC)NC(=O)N(CC)CC. The Labute approximate surface area is 123 Å². The predicted octanol–water partition coefficient (Wildman–Crippen LogP) is 1.89. The maximum atomic E-state index is 12.1. The first-order chi connectivity index (χ1) is 9.37. The highest BCUT2D eigenvalue weighted by Crippen LogP contribution is 2.00. The van der Waals surface area contributed by atoms with Gasteiger partial charge in [0.15, 0.2) is 0 Å². The van der Waals surface area contributed by atoms with Gasteiger partial charge in [-0.2, -0.15) is 0 Å². The molecule has 0 aliphatic rings. The Morgan fingerprint density at radius 3 is 1.45 bits per heavy atom. The topological polar surface area (TPSA) is 64.7 Å². The van der Waals surface area contributed by atoms with E-state index in [1.807, 2.05) is 34.2 Å². The van der Waals surface area contributed by atoms with Gasteiger partial charge in [0.1, 0.15) is 0 Å². The molecule has 0 aromatic rings. The summed E-state index contributed by atoms with van der Waals surface area (Å²) in [7, 11) is -2.56. The van der Waals surface area contributed by atoms with Crippen LogP contribution in [0, 0.1) is 0 Å². The zero-order valence-electron chi connectivity index (χ0n) is 13.3. The van der Waals surface area contributed by atoms with Gasteiger partial charge in [0.25, 0.3) is 8.40 Å². The van der Waals surface area contributed by atoms with Crippen molar-refractivity contribution in [3.63, 3.8) is 0 Å². The smallest absolute Gasteiger partial charge is 0.311 e. The van der Waals surface area contributed by atoms with Crippen molar-refractivity contribution < 1.29 is 9.59 Å². The van der Waals surface area contributed by atoms with Crippen molar-refractivity contribution in [1.29, 1.82) is 0 Å². The monoisotopic (exact) mass is 300 g/mol. The van der Waals surface area contributed by atoms with E-state index in [9.17, 15) is 9.59 Å². The van der Waals surface area contributed by atoms with Gasteiger partial charge in [-0.3, -0.25) is 0 Å². The molecule has 0 fully saturated rings. The Kier molecular flexibility index (Phi) is 7.98. The van der Waals surface area contributed by atoms with Gasteiger partial charge in [-0.25, -0.2) is 9.59 Å². The van der Waals surface area contributed by atoms with Gasteiger partial charge >= 0.3 is 12.1 Å². The highest BCUT2D eigenvalue weighted by Gasteiger charge is 2.31. The van der Waals surface area contributed by atoms with E-state index in [1.54, 1.807) is 15.5 Å². The maximum Gasteiger partial charge on any atom is 0.311 e. The maximum absolute atomic E-state index is 12.1. The molecule has 0 bridgehead atoms. The second-order valence-electron chi connectivity index (χ2n) is 4.61. The second-order valence-corrected chi connectivity index (χ2v) is 7.92. The van der Waals surface area contributed by atoms with Crippen LogP contribution in [0.15, 0.2) is 12.3 Å². The Hall–Kier alpha value is -1.50. The Balaban J connectivity index is 4.81. The summed E-state index contributed by atoms with van der Waals surface area (Å²) < 4.78 is 0. The summed E-state index contributed by atoms with van der Waals surface area (Å²) in [6.45, 7) is 15.8. The van der Waals surface area contributed by atoms with Crippen LogP contribution in [0.3, 0.4) is 0 Å². The fraction of sp³-hybridized carbons (Fsp3) is 0.692. The second kappa shape index (κ2) is 8.62. The number of rotatable bonds is 7. The van der Waals surface area contributed by atoms with Crippen LogP contribution in [0.25, 0.3) is 0 Å². The van der Waals surface area contributed by atoms with Crippen LogP contribution in [0.1, 0.15) is 27.7 Å². The highest BCUT2D eigenvalue weighted by atomic mass is 28.3. The van der Waals surface area contributed by atoms with E-state index in [4.69, 9.17) is 0 Å². The number of nitrogens with zero attached hydrogens (tertiary/aromatic N) is 2. The fourth-order valence-electron chi connectivity index (χ4n) is 1.76. The third-order valence-electron chi connectivity index (χ3n) is 3.24. The lowest BCUT2D eigenvalue weighted by molar-refractivity contribution is 0.206. The van der Waals surface area contributed by atoms with Crippen LogP contribution >= 0.6 is 0 Å². The van der Waals surface area contributed by atoms with E-state index in [0.29, 0.717) is 26.2 Å². The normalized spacial score (nSPS) is 10.7. The molecule has 20 heavy (non-hydrogen) atoms. The molecular formula is C13H28N4O2Si. The molecule has 0 spiro atoms. The van der Waals surface area contributed by atoms with Gasteiger partial charge in [-0.1, -0.05) is 5.70 Å². The van der Waals surface area contributed by atoms with Crippen LogP contribution in [0.2, 0.25) is 6.55 Å². The first kappa shape index (κ1) is 18.5. The van der Waals surface area contributed by atoms with E-state index in [-0.39, 0.29) is 12.1 Å². The quantitative estimate of drug-likeness (QED) is 0.705. The summed E-state index contributed by atoms with van der Waals surface area (Å²) in [4.78, 5) is 33.4. The number of hydrogen-bond acceptors (Lipinski definition) is 2. The van der Waals surface area contributed by atoms with E-state index in [1.165, 1.54) is 0 Å². The van der Waals surface area contributed by atoms with Crippen molar-refractivity contribution in [1.82, 2.24) is 19.8 Å².